The van der Waals surface area contributed by atoms with Gasteiger partial charge in [-0.2, -0.15) is 0 Å². The molecule has 1 aliphatic rings. The molecule has 1 unspecified atom stereocenters. The fourth-order valence-corrected chi connectivity index (χ4v) is 2.73. The fraction of sp³-hybridized carbons (Fsp3) is 0.588. The Morgan fingerprint density at radius 3 is 2.71 bits per heavy atom. The number of carbonyl (C=O) groups excluding carboxylic acids is 1. The van der Waals surface area contributed by atoms with Crippen LogP contribution in [0.2, 0.25) is 0 Å². The smallest absolute Gasteiger partial charge is 0.222 e. The van der Waals surface area contributed by atoms with Crippen molar-refractivity contribution in [2.75, 3.05) is 19.7 Å². The molecular weight excluding hydrogens is 264 g/mol. The standard InChI is InChI=1S/C17H26N2O2/c1-2-14-5-8-17(20)19(10-9-14)11-12-21-16-6-3-15(13-18)4-7-16/h3-4,6-7,14H,2,5,8-13,18H2,1H3. The van der Waals surface area contributed by atoms with Gasteiger partial charge in [0.05, 0.1) is 6.54 Å². The number of ether oxygens (including phenoxy) is 1. The molecule has 1 atom stereocenters. The molecule has 1 aromatic rings. The molecule has 1 aliphatic heterocycles. The summed E-state index contributed by atoms with van der Waals surface area (Å²) in [5, 5.41) is 0. The van der Waals surface area contributed by atoms with E-state index >= 15 is 0 Å². The van der Waals surface area contributed by atoms with Crippen molar-refractivity contribution in [3.63, 3.8) is 0 Å². The van der Waals surface area contributed by atoms with Crippen molar-refractivity contribution in [1.82, 2.24) is 4.90 Å². The number of rotatable bonds is 6. The zero-order valence-electron chi connectivity index (χ0n) is 12.9. The number of amides is 1. The fourth-order valence-electron chi connectivity index (χ4n) is 2.73. The van der Waals surface area contributed by atoms with Gasteiger partial charge in [0.25, 0.3) is 0 Å². The van der Waals surface area contributed by atoms with Gasteiger partial charge in [0.1, 0.15) is 12.4 Å². The van der Waals surface area contributed by atoms with Crippen molar-refractivity contribution in [2.45, 2.75) is 39.2 Å². The van der Waals surface area contributed by atoms with Crippen LogP contribution in [-0.4, -0.2) is 30.5 Å². The Kier molecular flexibility index (Phi) is 6.05. The zero-order valence-corrected chi connectivity index (χ0v) is 12.9. The molecule has 1 fully saturated rings. The number of nitrogens with two attached hydrogens (primary N) is 1. The van der Waals surface area contributed by atoms with Gasteiger partial charge < -0.3 is 15.4 Å². The number of hydrogen-bond donors (Lipinski definition) is 1. The van der Waals surface area contributed by atoms with Gasteiger partial charge in [-0.3, -0.25) is 4.79 Å². The van der Waals surface area contributed by atoms with E-state index in [1.54, 1.807) is 0 Å². The van der Waals surface area contributed by atoms with E-state index in [0.29, 0.717) is 32.0 Å². The van der Waals surface area contributed by atoms with Crippen LogP contribution in [0.5, 0.6) is 5.75 Å². The van der Waals surface area contributed by atoms with Crippen molar-refractivity contribution in [3.8, 4) is 5.75 Å². The van der Waals surface area contributed by atoms with Gasteiger partial charge in [0.2, 0.25) is 5.91 Å². The molecule has 0 spiro atoms. The van der Waals surface area contributed by atoms with Crippen LogP contribution in [-0.2, 0) is 11.3 Å². The summed E-state index contributed by atoms with van der Waals surface area (Å²) in [6, 6.07) is 7.80. The lowest BCUT2D eigenvalue weighted by molar-refractivity contribution is -0.131. The minimum absolute atomic E-state index is 0.271. The Labute approximate surface area is 127 Å². The number of benzene rings is 1. The van der Waals surface area contributed by atoms with Crippen LogP contribution in [0.15, 0.2) is 24.3 Å². The molecule has 1 amide bonds. The van der Waals surface area contributed by atoms with E-state index in [0.717, 1.165) is 30.7 Å². The highest BCUT2D eigenvalue weighted by atomic mass is 16.5. The second kappa shape index (κ2) is 8.03. The minimum atomic E-state index is 0.271. The summed E-state index contributed by atoms with van der Waals surface area (Å²) in [5.74, 6) is 1.80. The number of nitrogens with zero attached hydrogens (tertiary/aromatic N) is 1. The normalized spacial score (nSPS) is 19.4. The molecule has 0 radical (unpaired) electrons. The Morgan fingerprint density at radius 1 is 1.29 bits per heavy atom. The van der Waals surface area contributed by atoms with Crippen molar-refractivity contribution in [1.29, 1.82) is 0 Å². The van der Waals surface area contributed by atoms with Crippen LogP contribution in [0.3, 0.4) is 0 Å². The first kappa shape index (κ1) is 15.8. The number of likely N-dealkylation sites (tertiary alicyclic amines) is 1. The maximum Gasteiger partial charge on any atom is 0.222 e. The predicted molar refractivity (Wildman–Crippen MR) is 84.0 cm³/mol. The van der Waals surface area contributed by atoms with Gasteiger partial charge in [-0.1, -0.05) is 25.5 Å². The molecule has 1 heterocycles. The Balaban J connectivity index is 1.77. The molecular formula is C17H26N2O2. The SMILES string of the molecule is CCC1CCC(=O)N(CCOc2ccc(CN)cc2)CC1. The monoisotopic (exact) mass is 290 g/mol. The summed E-state index contributed by atoms with van der Waals surface area (Å²) in [6.45, 7) is 4.84. The third kappa shape index (κ3) is 4.74. The summed E-state index contributed by atoms with van der Waals surface area (Å²) in [5.41, 5.74) is 6.66. The van der Waals surface area contributed by atoms with Crippen LogP contribution >= 0.6 is 0 Å². The third-order valence-electron chi connectivity index (χ3n) is 4.29. The highest BCUT2D eigenvalue weighted by Crippen LogP contribution is 2.21. The van der Waals surface area contributed by atoms with E-state index < -0.39 is 0 Å². The van der Waals surface area contributed by atoms with Gasteiger partial charge in [-0.25, -0.2) is 0 Å². The third-order valence-corrected chi connectivity index (χ3v) is 4.29. The summed E-state index contributed by atoms with van der Waals surface area (Å²) >= 11 is 0. The Bertz CT molecular complexity index is 445. The molecule has 1 saturated heterocycles. The van der Waals surface area contributed by atoms with Gasteiger partial charge >= 0.3 is 0 Å². The van der Waals surface area contributed by atoms with Gasteiger partial charge in [0, 0.05) is 19.5 Å². The maximum absolute atomic E-state index is 12.1. The largest absolute Gasteiger partial charge is 0.492 e. The van der Waals surface area contributed by atoms with E-state index in [1.165, 1.54) is 6.42 Å². The predicted octanol–water partition coefficient (Wildman–Crippen LogP) is 2.56. The molecule has 0 bridgehead atoms. The topological polar surface area (TPSA) is 55.6 Å². The molecule has 1 aromatic carbocycles. The van der Waals surface area contributed by atoms with E-state index in [1.807, 2.05) is 29.2 Å². The van der Waals surface area contributed by atoms with Crippen LogP contribution in [0.25, 0.3) is 0 Å². The van der Waals surface area contributed by atoms with Crippen LogP contribution in [0.1, 0.15) is 38.2 Å². The molecule has 0 aliphatic carbocycles. The van der Waals surface area contributed by atoms with E-state index in [4.69, 9.17) is 10.5 Å². The summed E-state index contributed by atoms with van der Waals surface area (Å²) in [7, 11) is 0. The zero-order chi connectivity index (χ0) is 15.1. The van der Waals surface area contributed by atoms with Gasteiger partial charge in [-0.05, 0) is 36.5 Å². The van der Waals surface area contributed by atoms with Crippen molar-refractivity contribution in [2.24, 2.45) is 11.7 Å². The molecule has 2 rings (SSSR count). The van der Waals surface area contributed by atoms with Crippen molar-refractivity contribution in [3.05, 3.63) is 29.8 Å². The van der Waals surface area contributed by atoms with Gasteiger partial charge in [0.15, 0.2) is 0 Å². The second-order valence-electron chi connectivity index (χ2n) is 5.68. The van der Waals surface area contributed by atoms with Crippen LogP contribution in [0.4, 0.5) is 0 Å². The molecule has 0 aromatic heterocycles. The molecule has 4 nitrogen and oxygen atoms in total. The van der Waals surface area contributed by atoms with E-state index in [-0.39, 0.29) is 5.91 Å². The lowest BCUT2D eigenvalue weighted by atomic mass is 9.98. The lowest BCUT2D eigenvalue weighted by Crippen LogP contribution is -2.34. The van der Waals surface area contributed by atoms with Crippen molar-refractivity contribution < 1.29 is 9.53 Å². The average molecular weight is 290 g/mol. The first-order chi connectivity index (χ1) is 10.2. The molecule has 2 N–H and O–H groups in total. The van der Waals surface area contributed by atoms with Crippen LogP contribution < -0.4 is 10.5 Å². The highest BCUT2D eigenvalue weighted by Gasteiger charge is 2.21. The Morgan fingerprint density at radius 2 is 2.05 bits per heavy atom. The summed E-state index contributed by atoms with van der Waals surface area (Å²) in [6.07, 6.45) is 4.01. The molecule has 4 heteroatoms. The first-order valence-electron chi connectivity index (χ1n) is 7.92. The first-order valence-corrected chi connectivity index (χ1v) is 7.92. The maximum atomic E-state index is 12.1. The second-order valence-corrected chi connectivity index (χ2v) is 5.68. The lowest BCUT2D eigenvalue weighted by Gasteiger charge is -2.21. The summed E-state index contributed by atoms with van der Waals surface area (Å²) < 4.78 is 5.72. The number of carbonyl (C=O) groups is 1. The summed E-state index contributed by atoms with van der Waals surface area (Å²) in [4.78, 5) is 14.0. The minimum Gasteiger partial charge on any atom is -0.492 e. The highest BCUT2D eigenvalue weighted by molar-refractivity contribution is 5.76. The van der Waals surface area contributed by atoms with Gasteiger partial charge in [-0.15, -0.1) is 0 Å². The number of hydrogen-bond acceptors (Lipinski definition) is 3. The molecule has 116 valence electrons. The van der Waals surface area contributed by atoms with Crippen LogP contribution in [0, 0.1) is 5.92 Å². The molecule has 21 heavy (non-hydrogen) atoms. The van der Waals surface area contributed by atoms with E-state index in [2.05, 4.69) is 6.92 Å². The average Bonchev–Trinajstić information content (AvgIpc) is 2.70. The quantitative estimate of drug-likeness (QED) is 0.876. The molecule has 0 saturated carbocycles. The van der Waals surface area contributed by atoms with Crippen molar-refractivity contribution >= 4 is 5.91 Å². The Hall–Kier alpha value is -1.55. The van der Waals surface area contributed by atoms with E-state index in [9.17, 15) is 4.79 Å².